The molecule has 1 heterocycles. The largest absolute Gasteiger partial charge is 0.479 e. The maximum atomic E-state index is 12.5. The average Bonchev–Trinajstić information content (AvgIpc) is 2.55. The summed E-state index contributed by atoms with van der Waals surface area (Å²) in [5.41, 5.74) is 2.59. The number of benzene rings is 2. The lowest BCUT2D eigenvalue weighted by Crippen LogP contribution is -2.42. The summed E-state index contributed by atoms with van der Waals surface area (Å²) in [7, 11) is 1.67. The molecule has 0 bridgehead atoms. The van der Waals surface area contributed by atoms with Crippen LogP contribution in [0.1, 0.15) is 22.8 Å². The summed E-state index contributed by atoms with van der Waals surface area (Å²) in [6.07, 6.45) is -0.529. The molecule has 2 amide bonds. The Labute approximate surface area is 145 Å². The number of rotatable bonds is 2. The van der Waals surface area contributed by atoms with E-state index < -0.39 is 6.10 Å². The zero-order valence-corrected chi connectivity index (χ0v) is 14.3. The molecule has 1 aliphatic rings. The highest BCUT2D eigenvalue weighted by Gasteiger charge is 2.29. The van der Waals surface area contributed by atoms with Crippen molar-refractivity contribution in [2.75, 3.05) is 17.3 Å². The zero-order chi connectivity index (χ0) is 17.4. The molecule has 1 atom stereocenters. The van der Waals surface area contributed by atoms with Crippen LogP contribution in [-0.2, 0) is 4.79 Å². The predicted molar refractivity (Wildman–Crippen MR) is 94.1 cm³/mol. The third kappa shape index (κ3) is 2.95. The van der Waals surface area contributed by atoms with E-state index in [0.29, 0.717) is 27.7 Å². The van der Waals surface area contributed by atoms with E-state index in [9.17, 15) is 9.59 Å². The molecule has 1 N–H and O–H groups in total. The van der Waals surface area contributed by atoms with E-state index in [1.54, 1.807) is 50.4 Å². The number of nitrogens with zero attached hydrogens (tertiary/aromatic N) is 1. The van der Waals surface area contributed by atoms with Crippen molar-refractivity contribution in [2.45, 2.75) is 20.0 Å². The van der Waals surface area contributed by atoms with Crippen molar-refractivity contribution in [3.8, 4) is 5.75 Å². The van der Waals surface area contributed by atoms with Crippen LogP contribution in [0.25, 0.3) is 0 Å². The maximum absolute atomic E-state index is 12.5. The number of likely N-dealkylation sites (N-methyl/N-ethyl adjacent to an activating group) is 1. The fourth-order valence-corrected chi connectivity index (χ4v) is 2.84. The maximum Gasteiger partial charge on any atom is 0.267 e. The molecule has 2 aromatic carbocycles. The van der Waals surface area contributed by atoms with Crippen molar-refractivity contribution in [3.05, 3.63) is 52.5 Å². The average molecular weight is 345 g/mol. The highest BCUT2D eigenvalue weighted by atomic mass is 35.5. The number of carbonyl (C=O) groups is 2. The van der Waals surface area contributed by atoms with Gasteiger partial charge in [0.2, 0.25) is 0 Å². The Kier molecular flexibility index (Phi) is 4.20. The summed E-state index contributed by atoms with van der Waals surface area (Å²) in [5, 5.41) is 3.47. The van der Waals surface area contributed by atoms with Crippen molar-refractivity contribution in [1.29, 1.82) is 0 Å². The van der Waals surface area contributed by atoms with Gasteiger partial charge in [-0.25, -0.2) is 0 Å². The molecule has 0 radical (unpaired) electrons. The first-order valence-electron chi connectivity index (χ1n) is 7.52. The highest BCUT2D eigenvalue weighted by molar-refractivity contribution is 6.30. The number of carbonyl (C=O) groups excluding carboxylic acids is 2. The van der Waals surface area contributed by atoms with Crippen molar-refractivity contribution < 1.29 is 14.3 Å². The topological polar surface area (TPSA) is 58.6 Å². The number of halogens is 1. The van der Waals surface area contributed by atoms with Gasteiger partial charge >= 0.3 is 0 Å². The standard InChI is InChI=1S/C18H17ClN2O3/c1-10-8-13(19)5-6-14(10)20-17(22)12-4-7-16-15(9-12)21(3)18(23)11(2)24-16/h4-9,11H,1-3H3,(H,20,22). The second kappa shape index (κ2) is 6.17. The molecule has 0 aromatic heterocycles. The van der Waals surface area contributed by atoms with Crippen LogP contribution in [0.15, 0.2) is 36.4 Å². The van der Waals surface area contributed by atoms with Crippen LogP contribution in [0.2, 0.25) is 5.02 Å². The molecular formula is C18H17ClN2O3. The van der Waals surface area contributed by atoms with E-state index in [0.717, 1.165) is 5.56 Å². The molecule has 3 rings (SSSR count). The van der Waals surface area contributed by atoms with E-state index in [-0.39, 0.29) is 11.8 Å². The first-order valence-corrected chi connectivity index (χ1v) is 7.90. The summed E-state index contributed by atoms with van der Waals surface area (Å²) >= 11 is 5.93. The molecule has 5 nitrogen and oxygen atoms in total. The first-order chi connectivity index (χ1) is 11.4. The molecule has 24 heavy (non-hydrogen) atoms. The van der Waals surface area contributed by atoms with Gasteiger partial charge in [0.15, 0.2) is 6.10 Å². The quantitative estimate of drug-likeness (QED) is 0.904. The van der Waals surface area contributed by atoms with E-state index >= 15 is 0 Å². The number of amides is 2. The third-order valence-corrected chi connectivity index (χ3v) is 4.24. The Morgan fingerprint density at radius 1 is 1.25 bits per heavy atom. The van der Waals surface area contributed by atoms with Gasteiger partial charge in [-0.1, -0.05) is 11.6 Å². The van der Waals surface area contributed by atoms with Crippen LogP contribution in [-0.4, -0.2) is 25.0 Å². The van der Waals surface area contributed by atoms with Gasteiger partial charge < -0.3 is 15.0 Å². The van der Waals surface area contributed by atoms with Gasteiger partial charge in [0, 0.05) is 23.3 Å². The highest BCUT2D eigenvalue weighted by Crippen LogP contribution is 2.34. The third-order valence-electron chi connectivity index (χ3n) is 4.00. The van der Waals surface area contributed by atoms with Crippen LogP contribution >= 0.6 is 11.6 Å². The summed E-state index contributed by atoms with van der Waals surface area (Å²) in [6, 6.07) is 10.3. The van der Waals surface area contributed by atoms with Crippen LogP contribution in [0.4, 0.5) is 11.4 Å². The predicted octanol–water partition coefficient (Wildman–Crippen LogP) is 3.64. The molecule has 2 aromatic rings. The fraction of sp³-hybridized carbons (Fsp3) is 0.222. The number of anilines is 2. The summed E-state index contributed by atoms with van der Waals surface area (Å²) in [6.45, 7) is 3.57. The van der Waals surface area contributed by atoms with Crippen LogP contribution < -0.4 is 15.0 Å². The van der Waals surface area contributed by atoms with Crippen LogP contribution in [0.3, 0.4) is 0 Å². The van der Waals surface area contributed by atoms with Crippen molar-refractivity contribution in [2.24, 2.45) is 0 Å². The van der Waals surface area contributed by atoms with Crippen LogP contribution in [0, 0.1) is 6.92 Å². The molecule has 0 aliphatic carbocycles. The van der Waals surface area contributed by atoms with Gasteiger partial charge in [-0.05, 0) is 55.8 Å². The lowest BCUT2D eigenvalue weighted by molar-refractivity contribution is -0.125. The Morgan fingerprint density at radius 3 is 2.71 bits per heavy atom. The number of nitrogens with one attached hydrogen (secondary N) is 1. The first kappa shape index (κ1) is 16.3. The number of hydrogen-bond acceptors (Lipinski definition) is 3. The molecule has 0 saturated heterocycles. The second-order valence-electron chi connectivity index (χ2n) is 5.75. The summed E-state index contributed by atoms with van der Waals surface area (Å²) < 4.78 is 5.56. The van der Waals surface area contributed by atoms with Gasteiger partial charge in [-0.3, -0.25) is 9.59 Å². The summed E-state index contributed by atoms with van der Waals surface area (Å²) in [5.74, 6) is 0.181. The Balaban J connectivity index is 1.88. The molecule has 6 heteroatoms. The minimum atomic E-state index is -0.529. The van der Waals surface area contributed by atoms with Crippen molar-refractivity contribution in [3.63, 3.8) is 0 Å². The number of aryl methyl sites for hydroxylation is 1. The minimum Gasteiger partial charge on any atom is -0.479 e. The number of ether oxygens (including phenoxy) is 1. The summed E-state index contributed by atoms with van der Waals surface area (Å²) in [4.78, 5) is 26.0. The van der Waals surface area contributed by atoms with Gasteiger partial charge in [0.25, 0.3) is 11.8 Å². The Morgan fingerprint density at radius 2 is 2.00 bits per heavy atom. The molecule has 1 unspecified atom stereocenters. The lowest BCUT2D eigenvalue weighted by Gasteiger charge is -2.30. The minimum absolute atomic E-state index is 0.145. The van der Waals surface area contributed by atoms with Crippen molar-refractivity contribution >= 4 is 34.8 Å². The normalized spacial score (nSPS) is 16.4. The number of fused-ring (bicyclic) bond motifs is 1. The molecule has 124 valence electrons. The molecular weight excluding hydrogens is 328 g/mol. The lowest BCUT2D eigenvalue weighted by atomic mass is 10.1. The Hall–Kier alpha value is -2.53. The van der Waals surface area contributed by atoms with Crippen molar-refractivity contribution in [1.82, 2.24) is 0 Å². The second-order valence-corrected chi connectivity index (χ2v) is 6.19. The van der Waals surface area contributed by atoms with E-state index in [4.69, 9.17) is 16.3 Å². The monoisotopic (exact) mass is 344 g/mol. The molecule has 0 fully saturated rings. The van der Waals surface area contributed by atoms with E-state index in [1.165, 1.54) is 4.90 Å². The van der Waals surface area contributed by atoms with Crippen LogP contribution in [0.5, 0.6) is 5.75 Å². The van der Waals surface area contributed by atoms with Gasteiger partial charge in [0.05, 0.1) is 5.69 Å². The Bertz CT molecular complexity index is 835. The smallest absolute Gasteiger partial charge is 0.267 e. The molecule has 0 saturated carbocycles. The zero-order valence-electron chi connectivity index (χ0n) is 13.6. The van der Waals surface area contributed by atoms with E-state index in [2.05, 4.69) is 5.32 Å². The van der Waals surface area contributed by atoms with E-state index in [1.807, 2.05) is 6.92 Å². The van der Waals surface area contributed by atoms with Gasteiger partial charge in [-0.2, -0.15) is 0 Å². The molecule has 0 spiro atoms. The van der Waals surface area contributed by atoms with Gasteiger partial charge in [0.1, 0.15) is 5.75 Å². The number of hydrogen-bond donors (Lipinski definition) is 1. The van der Waals surface area contributed by atoms with Gasteiger partial charge in [-0.15, -0.1) is 0 Å². The molecule has 1 aliphatic heterocycles. The SMILES string of the molecule is Cc1cc(Cl)ccc1NC(=O)c1ccc2c(c1)N(C)C(=O)C(C)O2. The fourth-order valence-electron chi connectivity index (χ4n) is 2.61.